The first-order valence-electron chi connectivity index (χ1n) is 6.20. The zero-order valence-corrected chi connectivity index (χ0v) is 11.1. The predicted molar refractivity (Wildman–Crippen MR) is 73.0 cm³/mol. The second-order valence-electron chi connectivity index (χ2n) is 4.45. The van der Waals surface area contributed by atoms with Crippen LogP contribution in [0, 0.1) is 5.82 Å². The molecule has 1 aliphatic heterocycles. The van der Waals surface area contributed by atoms with E-state index in [4.69, 9.17) is 0 Å². The molecule has 19 heavy (non-hydrogen) atoms. The average Bonchev–Trinajstić information content (AvgIpc) is 2.96. The van der Waals surface area contributed by atoms with Crippen molar-refractivity contribution in [2.24, 2.45) is 0 Å². The van der Waals surface area contributed by atoms with Crippen LogP contribution >= 0.6 is 11.3 Å². The van der Waals surface area contributed by atoms with Crippen molar-refractivity contribution in [1.82, 2.24) is 15.0 Å². The molecule has 0 amide bonds. The number of hydrogen-bond acceptors (Lipinski definition) is 6. The van der Waals surface area contributed by atoms with Crippen molar-refractivity contribution < 1.29 is 4.39 Å². The summed E-state index contributed by atoms with van der Waals surface area (Å²) in [4.78, 5) is 14.4. The van der Waals surface area contributed by atoms with E-state index in [1.54, 1.807) is 11.3 Å². The van der Waals surface area contributed by atoms with E-state index in [0.29, 0.717) is 12.0 Å². The summed E-state index contributed by atoms with van der Waals surface area (Å²) in [5, 5.41) is 6.31. The maximum atomic E-state index is 12.7. The fourth-order valence-electron chi connectivity index (χ4n) is 2.16. The van der Waals surface area contributed by atoms with E-state index in [0.717, 1.165) is 31.1 Å². The molecule has 2 aromatic heterocycles. The second kappa shape index (κ2) is 5.48. The van der Waals surface area contributed by atoms with Crippen LogP contribution in [0.2, 0.25) is 0 Å². The van der Waals surface area contributed by atoms with Crippen LogP contribution in [0.3, 0.4) is 0 Å². The van der Waals surface area contributed by atoms with Gasteiger partial charge in [-0.3, -0.25) is 0 Å². The van der Waals surface area contributed by atoms with Gasteiger partial charge in [0.25, 0.3) is 0 Å². The molecule has 1 fully saturated rings. The van der Waals surface area contributed by atoms with Crippen molar-refractivity contribution in [3.05, 3.63) is 29.8 Å². The lowest BCUT2D eigenvalue weighted by atomic mass is 10.1. The number of nitrogens with one attached hydrogen (secondary N) is 1. The quantitative estimate of drug-likeness (QED) is 0.933. The normalized spacial score (nSPS) is 16.6. The van der Waals surface area contributed by atoms with Crippen molar-refractivity contribution >= 4 is 22.4 Å². The van der Waals surface area contributed by atoms with Gasteiger partial charge in [-0.05, 0) is 12.8 Å². The number of hydrogen-bond donors (Lipinski definition) is 1. The molecule has 0 aliphatic carbocycles. The second-order valence-corrected chi connectivity index (χ2v) is 5.32. The number of halogens is 1. The van der Waals surface area contributed by atoms with Gasteiger partial charge in [0.05, 0.1) is 12.4 Å². The lowest BCUT2D eigenvalue weighted by Gasteiger charge is -2.32. The predicted octanol–water partition coefficient (Wildman–Crippen LogP) is 2.15. The molecular weight excluding hydrogens is 265 g/mol. The molecule has 7 heteroatoms. The van der Waals surface area contributed by atoms with Gasteiger partial charge in [-0.2, -0.15) is 0 Å². The largest absolute Gasteiger partial charge is 0.351 e. The van der Waals surface area contributed by atoms with E-state index < -0.39 is 5.82 Å². The number of nitrogens with zero attached hydrogens (tertiary/aromatic N) is 4. The zero-order chi connectivity index (χ0) is 13.1. The molecular formula is C12H14FN5S. The van der Waals surface area contributed by atoms with Crippen LogP contribution in [0.5, 0.6) is 0 Å². The summed E-state index contributed by atoms with van der Waals surface area (Å²) >= 11 is 1.66. The first kappa shape index (κ1) is 12.3. The fraction of sp³-hybridized carbons (Fsp3) is 0.417. The molecule has 3 heterocycles. The minimum atomic E-state index is -0.413. The maximum Gasteiger partial charge on any atom is 0.222 e. The zero-order valence-electron chi connectivity index (χ0n) is 10.3. The Labute approximate surface area is 114 Å². The highest BCUT2D eigenvalue weighted by molar-refractivity contribution is 7.13. The molecule has 0 aromatic carbocycles. The summed E-state index contributed by atoms with van der Waals surface area (Å²) in [6, 6.07) is 0.335. The summed E-state index contributed by atoms with van der Waals surface area (Å²) in [5.41, 5.74) is 0. The molecule has 0 bridgehead atoms. The molecule has 2 aromatic rings. The smallest absolute Gasteiger partial charge is 0.222 e. The van der Waals surface area contributed by atoms with E-state index >= 15 is 0 Å². The van der Waals surface area contributed by atoms with Gasteiger partial charge in [-0.15, -0.1) is 11.3 Å². The van der Waals surface area contributed by atoms with Crippen LogP contribution in [0.25, 0.3) is 0 Å². The highest BCUT2D eigenvalue weighted by Gasteiger charge is 2.21. The molecule has 1 aliphatic rings. The lowest BCUT2D eigenvalue weighted by Crippen LogP contribution is -2.39. The van der Waals surface area contributed by atoms with Crippen molar-refractivity contribution in [1.29, 1.82) is 0 Å². The number of piperidine rings is 1. The Morgan fingerprint density at radius 3 is 2.58 bits per heavy atom. The minimum Gasteiger partial charge on any atom is -0.351 e. The van der Waals surface area contributed by atoms with Crippen LogP contribution in [-0.2, 0) is 0 Å². The van der Waals surface area contributed by atoms with Crippen molar-refractivity contribution in [2.75, 3.05) is 23.3 Å². The third-order valence-corrected chi connectivity index (χ3v) is 3.97. The van der Waals surface area contributed by atoms with Gasteiger partial charge >= 0.3 is 0 Å². The van der Waals surface area contributed by atoms with Crippen molar-refractivity contribution in [2.45, 2.75) is 18.9 Å². The number of aromatic nitrogens is 3. The van der Waals surface area contributed by atoms with Crippen molar-refractivity contribution in [3.8, 4) is 0 Å². The Kier molecular flexibility index (Phi) is 3.54. The topological polar surface area (TPSA) is 53.9 Å². The third kappa shape index (κ3) is 2.98. The summed E-state index contributed by atoms with van der Waals surface area (Å²) in [5.74, 6) is 0.0817. The molecule has 0 saturated carbocycles. The number of thiazole rings is 1. The first-order valence-corrected chi connectivity index (χ1v) is 7.08. The summed E-state index contributed by atoms with van der Waals surface area (Å²) < 4.78 is 12.7. The van der Waals surface area contributed by atoms with E-state index in [-0.39, 0.29) is 0 Å². The van der Waals surface area contributed by atoms with E-state index in [1.807, 2.05) is 11.6 Å². The minimum absolute atomic E-state index is 0.335. The van der Waals surface area contributed by atoms with Crippen LogP contribution in [0.15, 0.2) is 24.0 Å². The molecule has 100 valence electrons. The summed E-state index contributed by atoms with van der Waals surface area (Å²) in [6.07, 6.45) is 6.19. The lowest BCUT2D eigenvalue weighted by molar-refractivity contribution is 0.522. The van der Waals surface area contributed by atoms with Crippen LogP contribution in [0.1, 0.15) is 12.8 Å². The molecule has 0 radical (unpaired) electrons. The molecule has 3 rings (SSSR count). The third-order valence-electron chi connectivity index (χ3n) is 3.14. The highest BCUT2D eigenvalue weighted by Crippen LogP contribution is 2.22. The Bertz CT molecular complexity index is 507. The fourth-order valence-corrected chi connectivity index (χ4v) is 2.85. The molecule has 0 atom stereocenters. The Balaban J connectivity index is 1.54. The van der Waals surface area contributed by atoms with Crippen LogP contribution < -0.4 is 10.2 Å². The number of rotatable bonds is 3. The first-order chi connectivity index (χ1) is 9.31. The Morgan fingerprint density at radius 1 is 1.21 bits per heavy atom. The van der Waals surface area contributed by atoms with E-state index in [9.17, 15) is 4.39 Å². The standard InChI is InChI=1S/C12H14FN5S/c13-9-7-15-11(16-8-9)17-10-1-4-18(5-2-10)12-14-3-6-19-12/h3,6-8,10H,1-2,4-5H2,(H,15,16,17). The van der Waals surface area contributed by atoms with Crippen LogP contribution in [0.4, 0.5) is 15.5 Å². The van der Waals surface area contributed by atoms with E-state index in [2.05, 4.69) is 25.2 Å². The van der Waals surface area contributed by atoms with Gasteiger partial charge in [0.2, 0.25) is 5.95 Å². The van der Waals surface area contributed by atoms with Gasteiger partial charge in [0, 0.05) is 30.7 Å². The van der Waals surface area contributed by atoms with Gasteiger partial charge in [-0.1, -0.05) is 0 Å². The average molecular weight is 279 g/mol. The monoisotopic (exact) mass is 279 g/mol. The van der Waals surface area contributed by atoms with Gasteiger partial charge in [0.1, 0.15) is 0 Å². The highest BCUT2D eigenvalue weighted by atomic mass is 32.1. The van der Waals surface area contributed by atoms with Crippen molar-refractivity contribution in [3.63, 3.8) is 0 Å². The van der Waals surface area contributed by atoms with Crippen LogP contribution in [-0.4, -0.2) is 34.1 Å². The van der Waals surface area contributed by atoms with E-state index in [1.165, 1.54) is 12.4 Å². The van der Waals surface area contributed by atoms with Gasteiger partial charge < -0.3 is 10.2 Å². The summed E-state index contributed by atoms with van der Waals surface area (Å²) in [6.45, 7) is 1.93. The molecule has 1 saturated heterocycles. The molecule has 1 N–H and O–H groups in total. The van der Waals surface area contributed by atoms with Gasteiger partial charge in [-0.25, -0.2) is 19.3 Å². The molecule has 0 unspecified atom stereocenters. The molecule has 5 nitrogen and oxygen atoms in total. The van der Waals surface area contributed by atoms with Gasteiger partial charge in [0.15, 0.2) is 10.9 Å². The molecule has 0 spiro atoms. The number of anilines is 2. The Hall–Kier alpha value is -1.76. The Morgan fingerprint density at radius 2 is 1.95 bits per heavy atom. The summed E-state index contributed by atoms with van der Waals surface area (Å²) in [7, 11) is 0. The maximum absolute atomic E-state index is 12.7. The SMILES string of the molecule is Fc1cnc(NC2CCN(c3nccs3)CC2)nc1.